The number of amides is 1. The fourth-order valence-electron chi connectivity index (χ4n) is 2.83. The van der Waals surface area contributed by atoms with Gasteiger partial charge in [0.2, 0.25) is 11.6 Å². The van der Waals surface area contributed by atoms with Gasteiger partial charge in [-0.25, -0.2) is 14.3 Å². The molecule has 0 radical (unpaired) electrons. The lowest BCUT2D eigenvalue weighted by molar-refractivity contribution is -0.383. The van der Waals surface area contributed by atoms with Crippen LogP contribution in [0.25, 0.3) is 5.95 Å². The average molecular weight is 441 g/mol. The molecule has 0 atom stereocenters. The number of nitrogen functional groups attached to an aromatic ring is 1. The lowest BCUT2D eigenvalue weighted by atomic mass is 10.1. The van der Waals surface area contributed by atoms with Gasteiger partial charge in [0.25, 0.3) is 5.95 Å². The minimum absolute atomic E-state index is 0.0118. The lowest BCUT2D eigenvalue weighted by Gasteiger charge is -2.21. The number of nitro groups is 1. The van der Waals surface area contributed by atoms with Crippen LogP contribution < -0.4 is 10.6 Å². The first-order valence-corrected chi connectivity index (χ1v) is 9.29. The maximum Gasteiger partial charge on any atom is 0.415 e. The quantitative estimate of drug-likeness (QED) is 0.325. The number of benzene rings is 1. The van der Waals surface area contributed by atoms with Gasteiger partial charge in [-0.3, -0.25) is 15.0 Å². The number of nitrogens with two attached hydrogens (primary N) is 1. The van der Waals surface area contributed by atoms with Crippen molar-refractivity contribution in [2.45, 2.75) is 13.5 Å². The maximum atomic E-state index is 12.8. The molecule has 13 heteroatoms. The number of anilines is 2. The lowest BCUT2D eigenvalue weighted by Crippen LogP contribution is -2.33. The van der Waals surface area contributed by atoms with Gasteiger partial charge in [0.1, 0.15) is 0 Å². The molecule has 3 aromatic rings. The number of carbonyl (C=O) groups is 2. The van der Waals surface area contributed by atoms with E-state index >= 15 is 0 Å². The molecular formula is C19H19N7O6. The second-order valence-electron chi connectivity index (χ2n) is 6.27. The number of hydrogen-bond donors (Lipinski definition) is 1. The molecule has 32 heavy (non-hydrogen) atoms. The first-order chi connectivity index (χ1) is 15.3. The van der Waals surface area contributed by atoms with E-state index < -0.39 is 28.5 Å². The molecule has 0 saturated heterocycles. The van der Waals surface area contributed by atoms with Crippen LogP contribution in [0.1, 0.15) is 22.8 Å². The van der Waals surface area contributed by atoms with Gasteiger partial charge in [-0.15, -0.1) is 0 Å². The Labute approximate surface area is 181 Å². The van der Waals surface area contributed by atoms with E-state index in [2.05, 4.69) is 15.1 Å². The van der Waals surface area contributed by atoms with Crippen LogP contribution in [-0.2, 0) is 16.0 Å². The summed E-state index contributed by atoms with van der Waals surface area (Å²) in [6, 6.07) is 7.84. The Balaban J connectivity index is 2.14. The van der Waals surface area contributed by atoms with Crippen LogP contribution in [0, 0.1) is 10.1 Å². The topological polar surface area (TPSA) is 169 Å². The van der Waals surface area contributed by atoms with Crippen LogP contribution in [0.15, 0.2) is 42.7 Å². The minimum Gasteiger partial charge on any atom is -0.465 e. The fourth-order valence-corrected chi connectivity index (χ4v) is 2.83. The van der Waals surface area contributed by atoms with E-state index in [9.17, 15) is 19.7 Å². The predicted molar refractivity (Wildman–Crippen MR) is 111 cm³/mol. The Hall–Kier alpha value is -4.55. The standard InChI is InChI=1S/C19H19N7O6/c1-3-32-19(28)24(11-12-6-4-7-13(10-12)17(27)31-2)16-14(26(29)30)15(20)22-18(23-16)25-9-5-8-21-25/h4-10H,3,11H2,1-2H3,(H2,20,22,23). The van der Waals surface area contributed by atoms with E-state index in [1.165, 1.54) is 36.3 Å². The van der Waals surface area contributed by atoms with Crippen molar-refractivity contribution in [1.82, 2.24) is 19.7 Å². The monoisotopic (exact) mass is 441 g/mol. The molecule has 13 nitrogen and oxygen atoms in total. The number of aromatic nitrogens is 4. The number of esters is 1. The summed E-state index contributed by atoms with van der Waals surface area (Å²) < 4.78 is 11.0. The van der Waals surface area contributed by atoms with Crippen molar-refractivity contribution in [1.29, 1.82) is 0 Å². The van der Waals surface area contributed by atoms with Crippen LogP contribution in [0.2, 0.25) is 0 Å². The van der Waals surface area contributed by atoms with Gasteiger partial charge in [0.05, 0.1) is 30.7 Å². The van der Waals surface area contributed by atoms with Crippen LogP contribution in [0.4, 0.5) is 22.1 Å². The Morgan fingerprint density at radius 3 is 2.69 bits per heavy atom. The summed E-state index contributed by atoms with van der Waals surface area (Å²) in [5.74, 6) is -1.49. The van der Waals surface area contributed by atoms with Crippen LogP contribution >= 0.6 is 0 Å². The summed E-state index contributed by atoms with van der Waals surface area (Å²) in [6.45, 7) is 1.39. The van der Waals surface area contributed by atoms with E-state index in [-0.39, 0.29) is 30.5 Å². The molecule has 2 N–H and O–H groups in total. The molecule has 1 aromatic carbocycles. The van der Waals surface area contributed by atoms with Gasteiger partial charge in [-0.05, 0) is 30.7 Å². The molecule has 1 amide bonds. The molecule has 0 fully saturated rings. The zero-order valence-electron chi connectivity index (χ0n) is 17.2. The van der Waals surface area contributed by atoms with Crippen molar-refractivity contribution in [3.63, 3.8) is 0 Å². The molecule has 0 spiro atoms. The molecule has 3 rings (SSSR count). The first-order valence-electron chi connectivity index (χ1n) is 9.29. The van der Waals surface area contributed by atoms with Crippen molar-refractivity contribution < 1.29 is 24.0 Å². The van der Waals surface area contributed by atoms with Crippen molar-refractivity contribution in [3.05, 3.63) is 64.0 Å². The van der Waals surface area contributed by atoms with Gasteiger partial charge in [-0.2, -0.15) is 15.1 Å². The van der Waals surface area contributed by atoms with Crippen molar-refractivity contribution in [2.75, 3.05) is 24.4 Å². The molecule has 0 saturated carbocycles. The molecule has 166 valence electrons. The van der Waals surface area contributed by atoms with Crippen molar-refractivity contribution in [2.24, 2.45) is 0 Å². The SMILES string of the molecule is CCOC(=O)N(Cc1cccc(C(=O)OC)c1)c1nc(-n2cccn2)nc(N)c1[N+](=O)[O-]. The third-order valence-electron chi connectivity index (χ3n) is 4.21. The third-order valence-corrected chi connectivity index (χ3v) is 4.21. The highest BCUT2D eigenvalue weighted by Gasteiger charge is 2.32. The molecule has 0 bridgehead atoms. The van der Waals surface area contributed by atoms with Crippen LogP contribution in [0.5, 0.6) is 0 Å². The Kier molecular flexibility index (Phi) is 6.58. The smallest absolute Gasteiger partial charge is 0.415 e. The van der Waals surface area contributed by atoms with E-state index in [1.54, 1.807) is 25.1 Å². The summed E-state index contributed by atoms with van der Waals surface area (Å²) in [4.78, 5) is 44.6. The summed E-state index contributed by atoms with van der Waals surface area (Å²) in [6.07, 6.45) is 2.07. The maximum absolute atomic E-state index is 12.8. The highest BCUT2D eigenvalue weighted by Crippen LogP contribution is 2.33. The van der Waals surface area contributed by atoms with E-state index in [0.717, 1.165) is 4.90 Å². The van der Waals surface area contributed by atoms with Gasteiger partial charge in [-0.1, -0.05) is 12.1 Å². The van der Waals surface area contributed by atoms with Gasteiger partial charge in [0.15, 0.2) is 0 Å². The molecule has 0 aliphatic heterocycles. The number of carbonyl (C=O) groups excluding carboxylic acids is 2. The highest BCUT2D eigenvalue weighted by molar-refractivity contribution is 5.91. The summed E-state index contributed by atoms with van der Waals surface area (Å²) in [7, 11) is 1.24. The molecule has 2 aromatic heterocycles. The zero-order valence-corrected chi connectivity index (χ0v) is 17.2. The molecular weight excluding hydrogens is 422 g/mol. The minimum atomic E-state index is -0.899. The van der Waals surface area contributed by atoms with Gasteiger partial charge in [0, 0.05) is 12.4 Å². The van der Waals surface area contributed by atoms with E-state index in [0.29, 0.717) is 5.56 Å². The predicted octanol–water partition coefficient (Wildman–Crippen LogP) is 2.10. The van der Waals surface area contributed by atoms with Crippen molar-refractivity contribution in [3.8, 4) is 5.95 Å². The Morgan fingerprint density at radius 1 is 1.28 bits per heavy atom. The highest BCUT2D eigenvalue weighted by atomic mass is 16.6. The van der Waals surface area contributed by atoms with Gasteiger partial charge >= 0.3 is 17.7 Å². The summed E-state index contributed by atoms with van der Waals surface area (Å²) in [5, 5.41) is 15.7. The first kappa shape index (κ1) is 22.1. The molecule has 0 aliphatic carbocycles. The van der Waals surface area contributed by atoms with Gasteiger partial charge < -0.3 is 15.2 Å². The largest absolute Gasteiger partial charge is 0.465 e. The van der Waals surface area contributed by atoms with Crippen molar-refractivity contribution >= 4 is 29.4 Å². The molecule has 0 unspecified atom stereocenters. The molecule has 2 heterocycles. The fraction of sp³-hybridized carbons (Fsp3) is 0.211. The molecule has 0 aliphatic rings. The Bertz CT molecular complexity index is 1150. The normalized spacial score (nSPS) is 10.4. The third kappa shape index (κ3) is 4.61. The number of methoxy groups -OCH3 is 1. The van der Waals surface area contributed by atoms with Crippen LogP contribution in [0.3, 0.4) is 0 Å². The average Bonchev–Trinajstić information content (AvgIpc) is 3.31. The second-order valence-corrected chi connectivity index (χ2v) is 6.27. The number of nitrogens with zero attached hydrogens (tertiary/aromatic N) is 6. The van der Waals surface area contributed by atoms with E-state index in [4.69, 9.17) is 15.2 Å². The summed E-state index contributed by atoms with van der Waals surface area (Å²) >= 11 is 0. The van der Waals surface area contributed by atoms with Crippen LogP contribution in [-0.4, -0.2) is 50.5 Å². The number of rotatable bonds is 7. The number of hydrogen-bond acceptors (Lipinski definition) is 10. The zero-order chi connectivity index (χ0) is 23.3. The van der Waals surface area contributed by atoms with E-state index in [1.807, 2.05) is 0 Å². The Morgan fingerprint density at radius 2 is 2.06 bits per heavy atom. The summed E-state index contributed by atoms with van der Waals surface area (Å²) in [5.41, 5.74) is 5.88. The number of ether oxygens (including phenoxy) is 2. The second kappa shape index (κ2) is 9.51.